The Labute approximate surface area is 187 Å². The van der Waals surface area contributed by atoms with Gasteiger partial charge in [0.15, 0.2) is 0 Å². The van der Waals surface area contributed by atoms with E-state index in [0.29, 0.717) is 19.4 Å². The number of imidazole rings is 1. The van der Waals surface area contributed by atoms with Crippen LogP contribution in [0.1, 0.15) is 24.0 Å². The molecule has 0 spiro atoms. The van der Waals surface area contributed by atoms with Gasteiger partial charge >= 0.3 is 0 Å². The van der Waals surface area contributed by atoms with Gasteiger partial charge in [-0.2, -0.15) is 0 Å². The number of benzene rings is 3. The molecular formula is C26H25N5O. The zero-order valence-corrected chi connectivity index (χ0v) is 17.8. The molecule has 6 heteroatoms. The number of carbonyl (C=O) groups is 1. The minimum atomic E-state index is 0.158. The van der Waals surface area contributed by atoms with Gasteiger partial charge in [0.2, 0.25) is 11.9 Å². The van der Waals surface area contributed by atoms with Crippen molar-refractivity contribution in [2.24, 2.45) is 0 Å². The lowest BCUT2D eigenvalue weighted by Gasteiger charge is -2.23. The Morgan fingerprint density at radius 2 is 1.81 bits per heavy atom. The number of carbonyl (C=O) groups excluding carboxylic acids is 1. The highest BCUT2D eigenvalue weighted by Gasteiger charge is 2.21. The highest BCUT2D eigenvalue weighted by Crippen LogP contribution is 2.27. The van der Waals surface area contributed by atoms with Crippen molar-refractivity contribution >= 4 is 34.3 Å². The lowest BCUT2D eigenvalue weighted by molar-refractivity contribution is -0.118. The van der Waals surface area contributed by atoms with Crippen LogP contribution < -0.4 is 15.5 Å². The molecule has 1 aromatic heterocycles. The summed E-state index contributed by atoms with van der Waals surface area (Å²) in [5.41, 5.74) is 6.09. The van der Waals surface area contributed by atoms with Crippen LogP contribution >= 0.6 is 0 Å². The minimum absolute atomic E-state index is 0.158. The van der Waals surface area contributed by atoms with Gasteiger partial charge in [0.1, 0.15) is 0 Å². The SMILES string of the molecule is O=C1CC[C]c2ccccc2N1CCNCc1ccc(Nc2nc3ccccc3[nH]2)cc1. The van der Waals surface area contributed by atoms with Gasteiger partial charge < -0.3 is 20.5 Å². The molecule has 160 valence electrons. The fraction of sp³-hybridized carbons (Fsp3) is 0.192. The number of H-pyrrole nitrogens is 1. The fourth-order valence-corrected chi connectivity index (χ4v) is 3.96. The van der Waals surface area contributed by atoms with E-state index < -0.39 is 0 Å². The number of amides is 1. The van der Waals surface area contributed by atoms with Gasteiger partial charge in [-0.15, -0.1) is 0 Å². The molecule has 0 atom stereocenters. The number of rotatable bonds is 7. The summed E-state index contributed by atoms with van der Waals surface area (Å²) in [6.45, 7) is 2.11. The van der Waals surface area contributed by atoms with Gasteiger partial charge in [-0.1, -0.05) is 42.5 Å². The van der Waals surface area contributed by atoms with Crippen molar-refractivity contribution in [3.63, 3.8) is 0 Å². The fourth-order valence-electron chi connectivity index (χ4n) is 3.96. The maximum Gasteiger partial charge on any atom is 0.227 e. The molecule has 0 fully saturated rings. The van der Waals surface area contributed by atoms with Gasteiger partial charge in [0, 0.05) is 43.9 Å². The first kappa shape index (κ1) is 20.3. The van der Waals surface area contributed by atoms with E-state index in [0.717, 1.165) is 47.0 Å². The van der Waals surface area contributed by atoms with Gasteiger partial charge in [-0.3, -0.25) is 4.79 Å². The first-order chi connectivity index (χ1) is 15.8. The minimum Gasteiger partial charge on any atom is -0.326 e. The summed E-state index contributed by atoms with van der Waals surface area (Å²) in [5, 5.41) is 6.77. The van der Waals surface area contributed by atoms with Crippen molar-refractivity contribution in [1.82, 2.24) is 15.3 Å². The Hall–Kier alpha value is -3.64. The average Bonchev–Trinajstić information content (AvgIpc) is 3.15. The van der Waals surface area contributed by atoms with E-state index in [-0.39, 0.29) is 5.91 Å². The Kier molecular flexibility index (Phi) is 5.85. The summed E-state index contributed by atoms with van der Waals surface area (Å²) in [6, 6.07) is 24.2. The second-order valence-electron chi connectivity index (χ2n) is 7.84. The number of aromatic amines is 1. The Balaban J connectivity index is 1.14. The molecule has 32 heavy (non-hydrogen) atoms. The first-order valence-corrected chi connectivity index (χ1v) is 10.9. The normalized spacial score (nSPS) is 13.8. The predicted octanol–water partition coefficient (Wildman–Crippen LogP) is 4.65. The Morgan fingerprint density at radius 1 is 1.00 bits per heavy atom. The lowest BCUT2D eigenvalue weighted by Crippen LogP contribution is -2.36. The highest BCUT2D eigenvalue weighted by atomic mass is 16.2. The van der Waals surface area contributed by atoms with E-state index >= 15 is 0 Å². The number of fused-ring (bicyclic) bond motifs is 2. The largest absolute Gasteiger partial charge is 0.326 e. The number of anilines is 3. The van der Waals surface area contributed by atoms with Crippen molar-refractivity contribution in [1.29, 1.82) is 0 Å². The molecule has 5 rings (SSSR count). The molecule has 6 nitrogen and oxygen atoms in total. The van der Waals surface area contributed by atoms with Gasteiger partial charge in [0.25, 0.3) is 0 Å². The molecule has 1 aliphatic rings. The van der Waals surface area contributed by atoms with E-state index in [4.69, 9.17) is 0 Å². The topological polar surface area (TPSA) is 73.1 Å². The monoisotopic (exact) mass is 423 g/mol. The summed E-state index contributed by atoms with van der Waals surface area (Å²) < 4.78 is 0. The second kappa shape index (κ2) is 9.24. The molecule has 3 aromatic carbocycles. The van der Waals surface area contributed by atoms with Crippen molar-refractivity contribution in [2.75, 3.05) is 23.3 Å². The van der Waals surface area contributed by atoms with Crippen LogP contribution in [0.25, 0.3) is 11.0 Å². The molecule has 2 heterocycles. The van der Waals surface area contributed by atoms with Crippen molar-refractivity contribution in [3.8, 4) is 0 Å². The molecule has 1 amide bonds. The van der Waals surface area contributed by atoms with Crippen LogP contribution in [-0.2, 0) is 11.3 Å². The van der Waals surface area contributed by atoms with Crippen molar-refractivity contribution < 1.29 is 4.79 Å². The Bertz CT molecular complexity index is 1180. The number of nitrogens with zero attached hydrogens (tertiary/aromatic N) is 2. The maximum absolute atomic E-state index is 12.5. The summed E-state index contributed by atoms with van der Waals surface area (Å²) in [7, 11) is 0. The maximum atomic E-state index is 12.5. The standard InChI is InChI=1S/C26H25N5O/c32-25-11-5-7-20-6-1-4-10-24(20)31(25)17-16-27-18-19-12-14-21(15-13-19)28-26-29-22-8-2-3-9-23(22)30-26/h1-4,6,8-10,12-15,27H,5,11,16-18H2,(H2,28,29,30). The molecule has 0 saturated heterocycles. The molecule has 1 aliphatic heterocycles. The second-order valence-corrected chi connectivity index (χ2v) is 7.84. The van der Waals surface area contributed by atoms with Crippen LogP contribution in [0.2, 0.25) is 0 Å². The Morgan fingerprint density at radius 3 is 2.69 bits per heavy atom. The van der Waals surface area contributed by atoms with Crippen LogP contribution in [-0.4, -0.2) is 29.0 Å². The van der Waals surface area contributed by atoms with E-state index in [1.54, 1.807) is 0 Å². The molecule has 0 unspecified atom stereocenters. The average molecular weight is 424 g/mol. The van der Waals surface area contributed by atoms with Gasteiger partial charge in [-0.05, 0) is 47.9 Å². The van der Waals surface area contributed by atoms with E-state index in [9.17, 15) is 4.79 Å². The third-order valence-electron chi connectivity index (χ3n) is 5.60. The molecule has 0 bridgehead atoms. The number of para-hydroxylation sites is 3. The third kappa shape index (κ3) is 4.50. The molecule has 2 radical (unpaired) electrons. The highest BCUT2D eigenvalue weighted by molar-refractivity contribution is 5.95. The van der Waals surface area contributed by atoms with Gasteiger partial charge in [0.05, 0.1) is 11.0 Å². The molecule has 0 aliphatic carbocycles. The summed E-state index contributed by atoms with van der Waals surface area (Å²) in [6.07, 6.45) is 4.52. The molecule has 0 saturated carbocycles. The first-order valence-electron chi connectivity index (χ1n) is 10.9. The van der Waals surface area contributed by atoms with Crippen LogP contribution in [0.5, 0.6) is 0 Å². The van der Waals surface area contributed by atoms with Gasteiger partial charge in [-0.25, -0.2) is 4.98 Å². The summed E-state index contributed by atoms with van der Waals surface area (Å²) in [5.74, 6) is 0.888. The van der Waals surface area contributed by atoms with Crippen LogP contribution in [0.3, 0.4) is 0 Å². The smallest absolute Gasteiger partial charge is 0.227 e. The molecule has 3 N–H and O–H groups in total. The third-order valence-corrected chi connectivity index (χ3v) is 5.60. The number of hydrogen-bond donors (Lipinski definition) is 3. The number of aromatic nitrogens is 2. The quantitative estimate of drug-likeness (QED) is 0.378. The number of nitrogens with one attached hydrogen (secondary N) is 3. The van der Waals surface area contributed by atoms with Crippen molar-refractivity contribution in [2.45, 2.75) is 19.4 Å². The van der Waals surface area contributed by atoms with Crippen molar-refractivity contribution in [3.05, 3.63) is 90.3 Å². The summed E-state index contributed by atoms with van der Waals surface area (Å²) in [4.78, 5) is 22.2. The molecular weight excluding hydrogens is 398 g/mol. The van der Waals surface area contributed by atoms with Crippen LogP contribution in [0.4, 0.5) is 17.3 Å². The predicted molar refractivity (Wildman–Crippen MR) is 128 cm³/mol. The van der Waals surface area contributed by atoms with E-state index in [2.05, 4.69) is 39.2 Å². The number of hydrogen-bond acceptors (Lipinski definition) is 4. The van der Waals surface area contributed by atoms with E-state index in [1.807, 2.05) is 65.6 Å². The zero-order valence-electron chi connectivity index (χ0n) is 17.8. The van der Waals surface area contributed by atoms with Crippen LogP contribution in [0, 0.1) is 6.42 Å². The summed E-state index contributed by atoms with van der Waals surface area (Å²) >= 11 is 0. The van der Waals surface area contributed by atoms with Crippen LogP contribution in [0.15, 0.2) is 72.8 Å². The zero-order chi connectivity index (χ0) is 21.8. The molecule has 4 aromatic rings. The van der Waals surface area contributed by atoms with E-state index in [1.165, 1.54) is 5.56 Å². The lowest BCUT2D eigenvalue weighted by atomic mass is 10.1.